The summed E-state index contributed by atoms with van der Waals surface area (Å²) in [6.07, 6.45) is 6.34. The number of ether oxygens (including phenoxy) is 2. The topological polar surface area (TPSA) is 65.4 Å². The van der Waals surface area contributed by atoms with Gasteiger partial charge in [0, 0.05) is 30.2 Å². The average Bonchev–Trinajstić information content (AvgIpc) is 3.21. The number of nitrogens with zero attached hydrogens (tertiary/aromatic N) is 2. The smallest absolute Gasteiger partial charge is 0.224 e. The number of aryl methyl sites for hydroxylation is 1. The van der Waals surface area contributed by atoms with Gasteiger partial charge >= 0.3 is 0 Å². The summed E-state index contributed by atoms with van der Waals surface area (Å²) in [5.41, 5.74) is 2.78. The van der Waals surface area contributed by atoms with Crippen molar-refractivity contribution in [1.82, 2.24) is 9.55 Å². The number of rotatable bonds is 7. The Balaban J connectivity index is 1.56. The van der Waals surface area contributed by atoms with Crippen LogP contribution in [0.5, 0.6) is 11.5 Å². The highest BCUT2D eigenvalue weighted by atomic mass is 16.5. The van der Waals surface area contributed by atoms with Crippen LogP contribution in [-0.2, 0) is 11.2 Å². The number of hydrogen-bond donors (Lipinski definition) is 1. The van der Waals surface area contributed by atoms with E-state index in [1.807, 2.05) is 53.2 Å². The number of amides is 1. The van der Waals surface area contributed by atoms with Gasteiger partial charge < -0.3 is 19.4 Å². The second-order valence-electron chi connectivity index (χ2n) is 5.75. The SMILES string of the molecule is COc1ccc(CCC(=O)Nc2ccc(-n3ccnc3)cc2)cc1OC. The Kier molecular flexibility index (Phi) is 5.53. The second kappa shape index (κ2) is 8.20. The Labute approximate surface area is 152 Å². The van der Waals surface area contributed by atoms with E-state index in [9.17, 15) is 4.79 Å². The van der Waals surface area contributed by atoms with Crippen molar-refractivity contribution >= 4 is 11.6 Å². The molecule has 0 fully saturated rings. The third-order valence-corrected chi connectivity index (χ3v) is 4.04. The van der Waals surface area contributed by atoms with Gasteiger partial charge in [-0.25, -0.2) is 4.98 Å². The first-order valence-corrected chi connectivity index (χ1v) is 8.29. The summed E-state index contributed by atoms with van der Waals surface area (Å²) in [4.78, 5) is 16.2. The molecule has 0 radical (unpaired) electrons. The Morgan fingerprint density at radius 3 is 2.50 bits per heavy atom. The van der Waals surface area contributed by atoms with E-state index in [0.29, 0.717) is 24.3 Å². The van der Waals surface area contributed by atoms with E-state index >= 15 is 0 Å². The molecule has 0 spiro atoms. The summed E-state index contributed by atoms with van der Waals surface area (Å²) in [5, 5.41) is 2.92. The molecule has 0 saturated carbocycles. The molecule has 6 heteroatoms. The normalized spacial score (nSPS) is 10.4. The van der Waals surface area contributed by atoms with Crippen LogP contribution in [0.3, 0.4) is 0 Å². The number of carbonyl (C=O) groups excluding carboxylic acids is 1. The lowest BCUT2D eigenvalue weighted by Gasteiger charge is -2.10. The molecule has 0 unspecified atom stereocenters. The fraction of sp³-hybridized carbons (Fsp3) is 0.200. The van der Waals surface area contributed by atoms with Crippen LogP contribution < -0.4 is 14.8 Å². The van der Waals surface area contributed by atoms with Gasteiger partial charge in [0.1, 0.15) is 0 Å². The highest BCUT2D eigenvalue weighted by Crippen LogP contribution is 2.28. The van der Waals surface area contributed by atoms with E-state index in [0.717, 1.165) is 16.9 Å². The lowest BCUT2D eigenvalue weighted by atomic mass is 10.1. The zero-order valence-electron chi connectivity index (χ0n) is 14.8. The standard InChI is InChI=1S/C20H21N3O3/c1-25-18-9-3-15(13-19(18)26-2)4-10-20(24)22-16-5-7-17(8-6-16)23-12-11-21-14-23/h3,5-9,11-14H,4,10H2,1-2H3,(H,22,24). The van der Waals surface area contributed by atoms with Crippen molar-refractivity contribution < 1.29 is 14.3 Å². The van der Waals surface area contributed by atoms with Gasteiger partial charge in [0.05, 0.1) is 20.5 Å². The first kappa shape index (κ1) is 17.5. The van der Waals surface area contributed by atoms with E-state index in [1.54, 1.807) is 26.7 Å². The van der Waals surface area contributed by atoms with Crippen molar-refractivity contribution in [2.75, 3.05) is 19.5 Å². The number of hydrogen-bond acceptors (Lipinski definition) is 4. The summed E-state index contributed by atoms with van der Waals surface area (Å²) in [5.74, 6) is 1.31. The Bertz CT molecular complexity index is 859. The Morgan fingerprint density at radius 2 is 1.85 bits per heavy atom. The molecule has 0 bridgehead atoms. The van der Waals surface area contributed by atoms with Crippen molar-refractivity contribution in [2.45, 2.75) is 12.8 Å². The van der Waals surface area contributed by atoms with Crippen LogP contribution in [0.4, 0.5) is 5.69 Å². The van der Waals surface area contributed by atoms with Gasteiger partial charge in [-0.2, -0.15) is 0 Å². The van der Waals surface area contributed by atoms with Crippen LogP contribution in [-0.4, -0.2) is 29.7 Å². The minimum absolute atomic E-state index is 0.0323. The van der Waals surface area contributed by atoms with Gasteiger partial charge in [-0.05, 0) is 48.4 Å². The largest absolute Gasteiger partial charge is 0.493 e. The van der Waals surface area contributed by atoms with Crippen LogP contribution in [0.25, 0.3) is 5.69 Å². The first-order valence-electron chi connectivity index (χ1n) is 8.29. The Hall–Kier alpha value is -3.28. The fourth-order valence-corrected chi connectivity index (χ4v) is 2.65. The summed E-state index contributed by atoms with van der Waals surface area (Å²) in [7, 11) is 3.20. The molecule has 1 amide bonds. The average molecular weight is 351 g/mol. The first-order chi connectivity index (χ1) is 12.7. The van der Waals surface area contributed by atoms with Crippen LogP contribution in [0.1, 0.15) is 12.0 Å². The lowest BCUT2D eigenvalue weighted by Crippen LogP contribution is -2.12. The molecule has 0 atom stereocenters. The third kappa shape index (κ3) is 4.22. The number of carbonyl (C=O) groups is 1. The fourth-order valence-electron chi connectivity index (χ4n) is 2.65. The summed E-state index contributed by atoms with van der Waals surface area (Å²) >= 11 is 0. The van der Waals surface area contributed by atoms with Crippen molar-refractivity contribution in [1.29, 1.82) is 0 Å². The molecule has 0 aliphatic carbocycles. The monoisotopic (exact) mass is 351 g/mol. The number of imidazole rings is 1. The van der Waals surface area contributed by atoms with Gasteiger partial charge in [0.25, 0.3) is 0 Å². The highest BCUT2D eigenvalue weighted by molar-refractivity contribution is 5.90. The van der Waals surface area contributed by atoms with E-state index in [-0.39, 0.29) is 5.91 Å². The summed E-state index contributed by atoms with van der Waals surface area (Å²) < 4.78 is 12.4. The minimum Gasteiger partial charge on any atom is -0.493 e. The van der Waals surface area contributed by atoms with E-state index < -0.39 is 0 Å². The quantitative estimate of drug-likeness (QED) is 0.708. The second-order valence-corrected chi connectivity index (χ2v) is 5.75. The van der Waals surface area contributed by atoms with E-state index in [1.165, 1.54) is 0 Å². The molecule has 26 heavy (non-hydrogen) atoms. The van der Waals surface area contributed by atoms with Crippen LogP contribution in [0, 0.1) is 0 Å². The zero-order valence-corrected chi connectivity index (χ0v) is 14.8. The Morgan fingerprint density at radius 1 is 1.08 bits per heavy atom. The van der Waals surface area contributed by atoms with Crippen molar-refractivity contribution in [3.05, 3.63) is 66.7 Å². The van der Waals surface area contributed by atoms with Crippen molar-refractivity contribution in [3.8, 4) is 17.2 Å². The molecular weight excluding hydrogens is 330 g/mol. The molecule has 1 N–H and O–H groups in total. The third-order valence-electron chi connectivity index (χ3n) is 4.04. The molecule has 2 aromatic carbocycles. The number of aromatic nitrogens is 2. The summed E-state index contributed by atoms with van der Waals surface area (Å²) in [6, 6.07) is 13.3. The maximum Gasteiger partial charge on any atom is 0.224 e. The van der Waals surface area contributed by atoms with Gasteiger partial charge in [-0.1, -0.05) is 6.07 Å². The molecule has 6 nitrogen and oxygen atoms in total. The zero-order chi connectivity index (χ0) is 18.4. The maximum atomic E-state index is 12.2. The molecule has 0 aliphatic heterocycles. The molecule has 134 valence electrons. The maximum absolute atomic E-state index is 12.2. The molecule has 0 aliphatic rings. The molecule has 1 aromatic heterocycles. The number of benzene rings is 2. The number of anilines is 1. The molecular formula is C20H21N3O3. The van der Waals surface area contributed by atoms with Crippen LogP contribution in [0.15, 0.2) is 61.2 Å². The van der Waals surface area contributed by atoms with Gasteiger partial charge in [0.15, 0.2) is 11.5 Å². The highest BCUT2D eigenvalue weighted by Gasteiger charge is 2.07. The van der Waals surface area contributed by atoms with E-state index in [2.05, 4.69) is 10.3 Å². The van der Waals surface area contributed by atoms with Crippen LogP contribution >= 0.6 is 0 Å². The van der Waals surface area contributed by atoms with Gasteiger partial charge in [0.2, 0.25) is 5.91 Å². The molecule has 3 rings (SSSR count). The molecule has 0 saturated heterocycles. The van der Waals surface area contributed by atoms with E-state index in [4.69, 9.17) is 9.47 Å². The van der Waals surface area contributed by atoms with Crippen molar-refractivity contribution in [2.24, 2.45) is 0 Å². The van der Waals surface area contributed by atoms with Crippen molar-refractivity contribution in [3.63, 3.8) is 0 Å². The minimum atomic E-state index is -0.0323. The van der Waals surface area contributed by atoms with Crippen LogP contribution in [0.2, 0.25) is 0 Å². The summed E-state index contributed by atoms with van der Waals surface area (Å²) in [6.45, 7) is 0. The lowest BCUT2D eigenvalue weighted by molar-refractivity contribution is -0.116. The number of nitrogens with one attached hydrogen (secondary N) is 1. The van der Waals surface area contributed by atoms with Gasteiger partial charge in [-0.3, -0.25) is 4.79 Å². The van der Waals surface area contributed by atoms with Gasteiger partial charge in [-0.15, -0.1) is 0 Å². The predicted molar refractivity (Wildman–Crippen MR) is 100 cm³/mol. The predicted octanol–water partition coefficient (Wildman–Crippen LogP) is 3.46. The molecule has 1 heterocycles. The number of methoxy groups -OCH3 is 2. The molecule has 3 aromatic rings.